The van der Waals surface area contributed by atoms with E-state index >= 15 is 0 Å². The largest absolute Gasteiger partial charge is 0.495 e. The third-order valence-electron chi connectivity index (χ3n) is 4.75. The van der Waals surface area contributed by atoms with Gasteiger partial charge in [-0.05, 0) is 30.2 Å². The molecule has 0 spiro atoms. The van der Waals surface area contributed by atoms with Crippen molar-refractivity contribution in [2.45, 2.75) is 20.4 Å². The van der Waals surface area contributed by atoms with E-state index in [0.29, 0.717) is 45.8 Å². The molecule has 0 bridgehead atoms. The molecule has 0 aliphatic carbocycles. The molecule has 7 nitrogen and oxygen atoms in total. The van der Waals surface area contributed by atoms with Gasteiger partial charge in [0.1, 0.15) is 5.75 Å². The number of carbonyl (C=O) groups excluding carboxylic acids is 1. The lowest BCUT2D eigenvalue weighted by molar-refractivity contribution is 0.102. The summed E-state index contributed by atoms with van der Waals surface area (Å²) >= 11 is 0. The molecular weight excluding hydrogens is 384 g/mol. The van der Waals surface area contributed by atoms with E-state index < -0.39 is 0 Å². The van der Waals surface area contributed by atoms with Gasteiger partial charge in [0, 0.05) is 18.1 Å². The number of rotatable bonds is 7. The van der Waals surface area contributed by atoms with E-state index in [1.54, 1.807) is 42.1 Å². The van der Waals surface area contributed by atoms with Crippen LogP contribution in [-0.2, 0) is 6.54 Å². The molecule has 158 valence electrons. The lowest BCUT2D eigenvalue weighted by atomic mass is 10.0. The Kier molecular flexibility index (Phi) is 6.30. The maximum Gasteiger partial charge on any atom is 0.258 e. The van der Waals surface area contributed by atoms with Crippen molar-refractivity contribution in [1.29, 1.82) is 0 Å². The Labute approximate surface area is 175 Å². The molecule has 0 saturated heterocycles. The summed E-state index contributed by atoms with van der Waals surface area (Å²) in [5.41, 5.74) is 0.714. The molecule has 1 N–H and O–H groups in total. The maximum absolute atomic E-state index is 13.2. The first-order valence-corrected chi connectivity index (χ1v) is 9.63. The average Bonchev–Trinajstić information content (AvgIpc) is 2.74. The Morgan fingerprint density at radius 2 is 1.57 bits per heavy atom. The molecule has 0 unspecified atom stereocenters. The minimum atomic E-state index is -0.353. The van der Waals surface area contributed by atoms with Crippen LogP contribution in [0.2, 0.25) is 0 Å². The maximum atomic E-state index is 13.2. The van der Waals surface area contributed by atoms with Gasteiger partial charge in [-0.2, -0.15) is 0 Å². The second kappa shape index (κ2) is 8.90. The summed E-state index contributed by atoms with van der Waals surface area (Å²) in [6, 6.07) is 10.4. The van der Waals surface area contributed by atoms with Gasteiger partial charge in [-0.3, -0.25) is 9.59 Å². The zero-order chi connectivity index (χ0) is 21.8. The Balaban J connectivity index is 2.21. The fourth-order valence-electron chi connectivity index (χ4n) is 3.36. The highest BCUT2D eigenvalue weighted by molar-refractivity contribution is 6.13. The van der Waals surface area contributed by atoms with Gasteiger partial charge < -0.3 is 24.1 Å². The van der Waals surface area contributed by atoms with Crippen molar-refractivity contribution in [3.8, 4) is 17.2 Å². The fraction of sp³-hybridized carbons (Fsp3) is 0.304. The normalized spacial score (nSPS) is 10.9. The molecule has 3 rings (SSSR count). The number of carbonyl (C=O) groups is 1. The first-order valence-electron chi connectivity index (χ1n) is 9.63. The monoisotopic (exact) mass is 410 g/mol. The van der Waals surface area contributed by atoms with Crippen LogP contribution in [0.25, 0.3) is 10.8 Å². The molecule has 0 aliphatic rings. The number of pyridine rings is 1. The van der Waals surface area contributed by atoms with Gasteiger partial charge in [0.2, 0.25) is 0 Å². The SMILES string of the molecule is COc1ccccc1NC(=O)c1cn(CC(C)C)c(=O)c2cc(OC)c(OC)cc12. The molecule has 7 heteroatoms. The van der Waals surface area contributed by atoms with Crippen molar-refractivity contribution in [3.63, 3.8) is 0 Å². The molecule has 3 aromatic rings. The van der Waals surface area contributed by atoms with E-state index in [1.165, 1.54) is 14.2 Å². The summed E-state index contributed by atoms with van der Waals surface area (Å²) in [7, 11) is 4.56. The molecule has 0 aliphatic heterocycles. The van der Waals surface area contributed by atoms with Crippen molar-refractivity contribution in [1.82, 2.24) is 4.57 Å². The number of nitrogens with one attached hydrogen (secondary N) is 1. The van der Waals surface area contributed by atoms with Crippen LogP contribution in [0.3, 0.4) is 0 Å². The predicted octanol–water partition coefficient (Wildman–Crippen LogP) is 3.94. The van der Waals surface area contributed by atoms with Gasteiger partial charge >= 0.3 is 0 Å². The van der Waals surface area contributed by atoms with Crippen LogP contribution in [0.4, 0.5) is 5.69 Å². The van der Waals surface area contributed by atoms with Gasteiger partial charge in [-0.1, -0.05) is 26.0 Å². The van der Waals surface area contributed by atoms with Gasteiger partial charge in [0.15, 0.2) is 11.5 Å². The van der Waals surface area contributed by atoms with Crippen LogP contribution in [0.1, 0.15) is 24.2 Å². The molecule has 1 amide bonds. The number of anilines is 1. The molecule has 1 aromatic heterocycles. The highest BCUT2D eigenvalue weighted by Crippen LogP contribution is 2.33. The summed E-state index contributed by atoms with van der Waals surface area (Å²) in [5.74, 6) is 1.29. The fourth-order valence-corrected chi connectivity index (χ4v) is 3.36. The van der Waals surface area contributed by atoms with Crippen LogP contribution in [0, 0.1) is 5.92 Å². The third kappa shape index (κ3) is 4.10. The van der Waals surface area contributed by atoms with E-state index in [-0.39, 0.29) is 17.4 Å². The molecule has 0 radical (unpaired) electrons. The van der Waals surface area contributed by atoms with Gasteiger partial charge in [0.05, 0.1) is 38.0 Å². The van der Waals surface area contributed by atoms with Crippen LogP contribution in [0.15, 0.2) is 47.4 Å². The molecule has 0 atom stereocenters. The van der Waals surface area contributed by atoms with E-state index in [1.807, 2.05) is 26.0 Å². The number of hydrogen-bond acceptors (Lipinski definition) is 5. The number of methoxy groups -OCH3 is 3. The highest BCUT2D eigenvalue weighted by Gasteiger charge is 2.19. The highest BCUT2D eigenvalue weighted by atomic mass is 16.5. The third-order valence-corrected chi connectivity index (χ3v) is 4.75. The standard InChI is InChI=1S/C23H26N2O5/c1-14(2)12-25-13-17(22(26)24-18-8-6-7-9-19(18)28-3)15-10-20(29-4)21(30-5)11-16(15)23(25)27/h6-11,13-14H,12H2,1-5H3,(H,24,26). The number of aromatic nitrogens is 1. The van der Waals surface area contributed by atoms with Crippen molar-refractivity contribution in [2.24, 2.45) is 5.92 Å². The van der Waals surface area contributed by atoms with Gasteiger partial charge in [-0.15, -0.1) is 0 Å². The van der Waals surface area contributed by atoms with Crippen LogP contribution in [-0.4, -0.2) is 31.8 Å². The number of amides is 1. The number of fused-ring (bicyclic) bond motifs is 1. The molecule has 0 fully saturated rings. The van der Waals surface area contributed by atoms with Crippen LogP contribution in [0.5, 0.6) is 17.2 Å². The molecule has 1 heterocycles. The summed E-state index contributed by atoms with van der Waals surface area (Å²) in [4.78, 5) is 26.3. The first-order chi connectivity index (χ1) is 14.4. The number of hydrogen-bond donors (Lipinski definition) is 1. The van der Waals surface area contributed by atoms with E-state index in [9.17, 15) is 9.59 Å². The molecule has 0 saturated carbocycles. The zero-order valence-corrected chi connectivity index (χ0v) is 17.8. The zero-order valence-electron chi connectivity index (χ0n) is 17.8. The van der Waals surface area contributed by atoms with Crippen molar-refractivity contribution < 1.29 is 19.0 Å². The molecular formula is C23H26N2O5. The average molecular weight is 410 g/mol. The van der Waals surface area contributed by atoms with Crippen molar-refractivity contribution in [2.75, 3.05) is 26.6 Å². The lowest BCUT2D eigenvalue weighted by Crippen LogP contribution is -2.25. The second-order valence-corrected chi connectivity index (χ2v) is 7.30. The number of benzene rings is 2. The van der Waals surface area contributed by atoms with E-state index in [2.05, 4.69) is 5.32 Å². The lowest BCUT2D eigenvalue weighted by Gasteiger charge is -2.16. The number of ether oxygens (including phenoxy) is 3. The van der Waals surface area contributed by atoms with Crippen molar-refractivity contribution >= 4 is 22.4 Å². The Morgan fingerprint density at radius 3 is 2.17 bits per heavy atom. The van der Waals surface area contributed by atoms with Gasteiger partial charge in [-0.25, -0.2) is 0 Å². The van der Waals surface area contributed by atoms with Crippen LogP contribution < -0.4 is 25.1 Å². The molecule has 30 heavy (non-hydrogen) atoms. The van der Waals surface area contributed by atoms with E-state index in [0.717, 1.165) is 0 Å². The Bertz CT molecular complexity index is 1130. The Hall–Kier alpha value is -3.48. The number of para-hydroxylation sites is 2. The van der Waals surface area contributed by atoms with Gasteiger partial charge in [0.25, 0.3) is 11.5 Å². The number of nitrogens with zero attached hydrogens (tertiary/aromatic N) is 1. The van der Waals surface area contributed by atoms with Crippen molar-refractivity contribution in [3.05, 3.63) is 58.5 Å². The second-order valence-electron chi connectivity index (χ2n) is 7.30. The quantitative estimate of drug-likeness (QED) is 0.638. The smallest absolute Gasteiger partial charge is 0.258 e. The molecule has 2 aromatic carbocycles. The van der Waals surface area contributed by atoms with E-state index in [4.69, 9.17) is 14.2 Å². The van der Waals surface area contributed by atoms with Crippen LogP contribution >= 0.6 is 0 Å². The summed E-state index contributed by atoms with van der Waals surface area (Å²) in [6.07, 6.45) is 1.60. The minimum Gasteiger partial charge on any atom is -0.495 e. The summed E-state index contributed by atoms with van der Waals surface area (Å²) in [5, 5.41) is 3.77. The predicted molar refractivity (Wildman–Crippen MR) is 117 cm³/mol. The first kappa shape index (κ1) is 21.2. The Morgan fingerprint density at radius 1 is 0.967 bits per heavy atom. The summed E-state index contributed by atoms with van der Waals surface area (Å²) in [6.45, 7) is 4.51. The summed E-state index contributed by atoms with van der Waals surface area (Å²) < 4.78 is 17.6. The minimum absolute atomic E-state index is 0.187. The topological polar surface area (TPSA) is 78.8 Å².